The molecule has 1 spiro atoms. The van der Waals surface area contributed by atoms with Crippen LogP contribution < -0.4 is 5.32 Å². The van der Waals surface area contributed by atoms with E-state index in [0.29, 0.717) is 12.0 Å². The summed E-state index contributed by atoms with van der Waals surface area (Å²) in [6, 6.07) is 0.365. The molecular weight excluding hydrogens is 242 g/mol. The van der Waals surface area contributed by atoms with Crippen LogP contribution in [-0.4, -0.2) is 50.7 Å². The van der Waals surface area contributed by atoms with Crippen molar-refractivity contribution in [2.75, 3.05) is 33.5 Å². The van der Waals surface area contributed by atoms with Gasteiger partial charge >= 0.3 is 0 Å². The fourth-order valence-corrected chi connectivity index (χ4v) is 3.54. The van der Waals surface area contributed by atoms with Crippen molar-refractivity contribution in [1.82, 2.24) is 5.32 Å². The zero-order valence-electron chi connectivity index (χ0n) is 12.8. The van der Waals surface area contributed by atoms with Gasteiger partial charge in [-0.05, 0) is 39.2 Å². The molecule has 0 aromatic rings. The Bertz CT molecular complexity index is 287. The van der Waals surface area contributed by atoms with E-state index in [1.54, 1.807) is 7.11 Å². The van der Waals surface area contributed by atoms with Gasteiger partial charge in [-0.15, -0.1) is 0 Å². The average Bonchev–Trinajstić information content (AvgIpc) is 2.83. The summed E-state index contributed by atoms with van der Waals surface area (Å²) >= 11 is 0. The van der Waals surface area contributed by atoms with E-state index in [2.05, 4.69) is 26.1 Å². The Morgan fingerprint density at radius 1 is 1.42 bits per heavy atom. The van der Waals surface area contributed by atoms with E-state index in [1.165, 1.54) is 0 Å². The number of hydrogen-bond donors (Lipinski definition) is 1. The van der Waals surface area contributed by atoms with Crippen molar-refractivity contribution in [3.8, 4) is 0 Å². The van der Waals surface area contributed by atoms with Crippen LogP contribution in [0.15, 0.2) is 0 Å². The molecular formula is C15H29NO3. The van der Waals surface area contributed by atoms with Gasteiger partial charge in [0.15, 0.2) is 0 Å². The number of hydrogen-bond acceptors (Lipinski definition) is 4. The van der Waals surface area contributed by atoms with Gasteiger partial charge in [-0.2, -0.15) is 0 Å². The van der Waals surface area contributed by atoms with Gasteiger partial charge in [0.05, 0.1) is 17.8 Å². The van der Waals surface area contributed by atoms with Crippen molar-refractivity contribution < 1.29 is 14.2 Å². The highest BCUT2D eigenvalue weighted by Gasteiger charge is 2.45. The third-order valence-electron chi connectivity index (χ3n) is 4.77. The van der Waals surface area contributed by atoms with E-state index in [0.717, 1.165) is 45.6 Å². The van der Waals surface area contributed by atoms with Gasteiger partial charge in [0.25, 0.3) is 0 Å². The highest BCUT2D eigenvalue weighted by molar-refractivity contribution is 4.98. The van der Waals surface area contributed by atoms with Gasteiger partial charge in [0.2, 0.25) is 0 Å². The van der Waals surface area contributed by atoms with Gasteiger partial charge in [-0.1, -0.05) is 6.92 Å². The summed E-state index contributed by atoms with van der Waals surface area (Å²) in [6.45, 7) is 9.92. The zero-order valence-corrected chi connectivity index (χ0v) is 12.8. The van der Waals surface area contributed by atoms with Crippen LogP contribution in [0.5, 0.6) is 0 Å². The Morgan fingerprint density at radius 2 is 2.21 bits per heavy atom. The standard InChI is InChI=1S/C15H29NO3/c1-5-16-13(14(2,3)17-4)12-6-8-19-15(10-12)7-9-18-11-15/h12-13,16H,5-11H2,1-4H3. The second-order valence-electron chi connectivity index (χ2n) is 6.43. The van der Waals surface area contributed by atoms with Crippen LogP contribution >= 0.6 is 0 Å². The van der Waals surface area contributed by atoms with Crippen molar-refractivity contribution in [1.29, 1.82) is 0 Å². The monoisotopic (exact) mass is 271 g/mol. The third-order valence-corrected chi connectivity index (χ3v) is 4.77. The van der Waals surface area contributed by atoms with E-state index in [1.807, 2.05) is 0 Å². The Balaban J connectivity index is 2.08. The number of likely N-dealkylation sites (N-methyl/N-ethyl adjacent to an activating group) is 1. The van der Waals surface area contributed by atoms with E-state index < -0.39 is 0 Å². The summed E-state index contributed by atoms with van der Waals surface area (Å²) in [4.78, 5) is 0. The lowest BCUT2D eigenvalue weighted by molar-refractivity contribution is -0.120. The average molecular weight is 271 g/mol. The summed E-state index contributed by atoms with van der Waals surface area (Å²) in [6.07, 6.45) is 3.22. The fourth-order valence-electron chi connectivity index (χ4n) is 3.54. The SMILES string of the molecule is CCNC(C1CCOC2(CCOC2)C1)C(C)(C)OC. The molecule has 4 nitrogen and oxygen atoms in total. The first kappa shape index (κ1) is 15.2. The van der Waals surface area contributed by atoms with Crippen LogP contribution in [0.1, 0.15) is 40.0 Å². The maximum atomic E-state index is 6.04. The topological polar surface area (TPSA) is 39.7 Å². The van der Waals surface area contributed by atoms with Gasteiger partial charge in [-0.25, -0.2) is 0 Å². The number of ether oxygens (including phenoxy) is 3. The largest absolute Gasteiger partial charge is 0.378 e. The second kappa shape index (κ2) is 6.08. The normalized spacial score (nSPS) is 33.8. The van der Waals surface area contributed by atoms with Crippen LogP contribution in [0.4, 0.5) is 0 Å². The van der Waals surface area contributed by atoms with Gasteiger partial charge in [0.1, 0.15) is 0 Å². The van der Waals surface area contributed by atoms with E-state index >= 15 is 0 Å². The summed E-state index contributed by atoms with van der Waals surface area (Å²) in [5.41, 5.74) is -0.181. The molecule has 4 heteroatoms. The quantitative estimate of drug-likeness (QED) is 0.830. The molecule has 3 atom stereocenters. The highest BCUT2D eigenvalue weighted by atomic mass is 16.6. The Morgan fingerprint density at radius 3 is 2.79 bits per heavy atom. The zero-order chi connectivity index (χ0) is 13.9. The first-order valence-corrected chi connectivity index (χ1v) is 7.53. The molecule has 0 aromatic heterocycles. The summed E-state index contributed by atoms with van der Waals surface area (Å²) in [5.74, 6) is 0.588. The minimum Gasteiger partial charge on any atom is -0.378 e. The molecule has 0 aromatic carbocycles. The number of nitrogens with one attached hydrogen (secondary N) is 1. The maximum Gasteiger partial charge on any atom is 0.0939 e. The summed E-state index contributed by atoms with van der Waals surface area (Å²) in [5, 5.41) is 3.63. The Hall–Kier alpha value is -0.160. The van der Waals surface area contributed by atoms with Crippen LogP contribution in [-0.2, 0) is 14.2 Å². The molecule has 2 heterocycles. The molecule has 112 valence electrons. The van der Waals surface area contributed by atoms with Crippen LogP contribution in [0.2, 0.25) is 0 Å². The molecule has 3 unspecified atom stereocenters. The van der Waals surface area contributed by atoms with Gasteiger partial charge < -0.3 is 19.5 Å². The van der Waals surface area contributed by atoms with Crippen LogP contribution in [0.25, 0.3) is 0 Å². The lowest BCUT2D eigenvalue weighted by atomic mass is 9.76. The predicted octanol–water partition coefficient (Wildman–Crippen LogP) is 1.98. The minimum absolute atomic E-state index is 0.0274. The van der Waals surface area contributed by atoms with Crippen molar-refractivity contribution in [3.05, 3.63) is 0 Å². The van der Waals surface area contributed by atoms with Crippen LogP contribution in [0, 0.1) is 5.92 Å². The lowest BCUT2D eigenvalue weighted by Gasteiger charge is -2.45. The summed E-state index contributed by atoms with van der Waals surface area (Å²) < 4.78 is 17.3. The van der Waals surface area contributed by atoms with Crippen molar-refractivity contribution in [3.63, 3.8) is 0 Å². The maximum absolute atomic E-state index is 6.04. The fraction of sp³-hybridized carbons (Fsp3) is 1.00. The molecule has 0 aliphatic carbocycles. The van der Waals surface area contributed by atoms with Crippen LogP contribution in [0.3, 0.4) is 0 Å². The molecule has 2 saturated heterocycles. The van der Waals surface area contributed by atoms with E-state index in [-0.39, 0.29) is 11.2 Å². The molecule has 2 aliphatic heterocycles. The molecule has 2 rings (SSSR count). The van der Waals surface area contributed by atoms with Crippen molar-refractivity contribution >= 4 is 0 Å². The smallest absolute Gasteiger partial charge is 0.0939 e. The lowest BCUT2D eigenvalue weighted by Crippen LogP contribution is -2.56. The number of rotatable bonds is 5. The highest BCUT2D eigenvalue weighted by Crippen LogP contribution is 2.39. The molecule has 1 N–H and O–H groups in total. The Kier molecular flexibility index (Phi) is 4.88. The minimum atomic E-state index is -0.154. The second-order valence-corrected chi connectivity index (χ2v) is 6.43. The van der Waals surface area contributed by atoms with Gasteiger partial charge in [0, 0.05) is 32.8 Å². The molecule has 2 fully saturated rings. The van der Waals surface area contributed by atoms with E-state index in [4.69, 9.17) is 14.2 Å². The first-order valence-electron chi connectivity index (χ1n) is 7.53. The van der Waals surface area contributed by atoms with Crippen molar-refractivity contribution in [2.24, 2.45) is 5.92 Å². The molecule has 0 amide bonds. The predicted molar refractivity (Wildman–Crippen MR) is 75.4 cm³/mol. The molecule has 0 bridgehead atoms. The molecule has 0 radical (unpaired) electrons. The Labute approximate surface area is 117 Å². The molecule has 2 aliphatic rings. The van der Waals surface area contributed by atoms with E-state index in [9.17, 15) is 0 Å². The molecule has 0 saturated carbocycles. The number of methoxy groups -OCH3 is 1. The first-order chi connectivity index (χ1) is 9.03. The third kappa shape index (κ3) is 3.30. The van der Waals surface area contributed by atoms with Gasteiger partial charge in [-0.3, -0.25) is 0 Å². The molecule has 19 heavy (non-hydrogen) atoms. The summed E-state index contributed by atoms with van der Waals surface area (Å²) in [7, 11) is 1.80. The van der Waals surface area contributed by atoms with Crippen molar-refractivity contribution in [2.45, 2.75) is 57.3 Å².